The predicted octanol–water partition coefficient (Wildman–Crippen LogP) is 2.46. The standard InChI is InChI=1S/C23H28ClN3O6S/c1-22(2,3)23(4,21(30)31)26-10-9-18(20(26)29)27(13-19(25)28)34(32,33)17-8-6-14-11-16(24)7-5-15(14)12-17/h5-8,11-12,18H,9-10,13H2,1-4H3,(H2,25,28)(H,30,31)/t18-,23+/m0/s1. The van der Waals surface area contributed by atoms with Gasteiger partial charge in [-0.2, -0.15) is 4.31 Å². The number of rotatable bonds is 7. The topological polar surface area (TPSA) is 138 Å². The van der Waals surface area contributed by atoms with Crippen molar-refractivity contribution in [1.82, 2.24) is 9.21 Å². The largest absolute Gasteiger partial charge is 0.479 e. The van der Waals surface area contributed by atoms with Crippen LogP contribution < -0.4 is 5.73 Å². The van der Waals surface area contributed by atoms with E-state index in [1.165, 1.54) is 24.0 Å². The van der Waals surface area contributed by atoms with Crippen LogP contribution in [0.4, 0.5) is 0 Å². The highest BCUT2D eigenvalue weighted by Gasteiger charge is 2.56. The third-order valence-electron chi connectivity index (χ3n) is 6.63. The Bertz CT molecular complexity index is 1270. The van der Waals surface area contributed by atoms with E-state index in [1.54, 1.807) is 45.0 Å². The number of nitrogens with two attached hydrogens (primary N) is 1. The second-order valence-electron chi connectivity index (χ2n) is 9.59. The Hall–Kier alpha value is -2.69. The minimum absolute atomic E-state index is 0.0184. The summed E-state index contributed by atoms with van der Waals surface area (Å²) in [6.45, 7) is 5.83. The summed E-state index contributed by atoms with van der Waals surface area (Å²) in [6.07, 6.45) is 0.0213. The van der Waals surface area contributed by atoms with E-state index in [0.717, 1.165) is 9.69 Å². The molecule has 2 atom stereocenters. The smallest absolute Gasteiger partial charge is 0.329 e. The summed E-state index contributed by atoms with van der Waals surface area (Å²) < 4.78 is 28.0. The van der Waals surface area contributed by atoms with E-state index in [0.29, 0.717) is 10.4 Å². The van der Waals surface area contributed by atoms with Crippen molar-refractivity contribution in [1.29, 1.82) is 0 Å². The van der Waals surface area contributed by atoms with Gasteiger partial charge in [0, 0.05) is 11.6 Å². The molecule has 0 aliphatic carbocycles. The summed E-state index contributed by atoms with van der Waals surface area (Å²) in [5.41, 5.74) is 2.90. The van der Waals surface area contributed by atoms with E-state index < -0.39 is 51.3 Å². The molecule has 0 aromatic heterocycles. The number of sulfonamides is 1. The van der Waals surface area contributed by atoms with Gasteiger partial charge in [-0.15, -0.1) is 0 Å². The molecule has 2 amide bonds. The van der Waals surface area contributed by atoms with Crippen LogP contribution in [0.3, 0.4) is 0 Å². The van der Waals surface area contributed by atoms with E-state index in [2.05, 4.69) is 0 Å². The van der Waals surface area contributed by atoms with Crippen molar-refractivity contribution in [2.45, 2.75) is 50.6 Å². The molecule has 1 saturated heterocycles. The van der Waals surface area contributed by atoms with Crippen LogP contribution in [0.15, 0.2) is 41.3 Å². The van der Waals surface area contributed by atoms with Crippen LogP contribution in [0.2, 0.25) is 5.02 Å². The van der Waals surface area contributed by atoms with Crippen LogP contribution in [0.1, 0.15) is 34.1 Å². The zero-order valence-corrected chi connectivity index (χ0v) is 21.0. The highest BCUT2D eigenvalue weighted by Crippen LogP contribution is 2.40. The van der Waals surface area contributed by atoms with E-state index >= 15 is 0 Å². The second kappa shape index (κ2) is 8.83. The minimum Gasteiger partial charge on any atom is -0.479 e. The Kier molecular flexibility index (Phi) is 6.73. The average molecular weight is 510 g/mol. The normalized spacial score (nSPS) is 18.9. The third kappa shape index (κ3) is 4.37. The van der Waals surface area contributed by atoms with Gasteiger partial charge in [0.05, 0.1) is 11.4 Å². The number of hydrogen-bond donors (Lipinski definition) is 2. The predicted molar refractivity (Wildman–Crippen MR) is 128 cm³/mol. The molecule has 2 aromatic carbocycles. The molecule has 1 aliphatic rings. The molecule has 0 saturated carbocycles. The number of aliphatic carboxylic acids is 1. The molecule has 9 nitrogen and oxygen atoms in total. The van der Waals surface area contributed by atoms with E-state index in [4.69, 9.17) is 17.3 Å². The number of halogens is 1. The van der Waals surface area contributed by atoms with Gasteiger partial charge in [-0.3, -0.25) is 9.59 Å². The first-order valence-electron chi connectivity index (χ1n) is 10.6. The molecule has 1 heterocycles. The molecular weight excluding hydrogens is 482 g/mol. The highest BCUT2D eigenvalue weighted by molar-refractivity contribution is 7.89. The van der Waals surface area contributed by atoms with Crippen molar-refractivity contribution < 1.29 is 27.9 Å². The quantitative estimate of drug-likeness (QED) is 0.588. The Morgan fingerprint density at radius 3 is 2.29 bits per heavy atom. The maximum absolute atomic E-state index is 13.6. The maximum atomic E-state index is 13.6. The first-order chi connectivity index (χ1) is 15.6. The summed E-state index contributed by atoms with van der Waals surface area (Å²) in [5, 5.41) is 11.8. The summed E-state index contributed by atoms with van der Waals surface area (Å²) in [4.78, 5) is 38.6. The molecule has 3 N–H and O–H groups in total. The van der Waals surface area contributed by atoms with Crippen molar-refractivity contribution in [2.24, 2.45) is 11.1 Å². The van der Waals surface area contributed by atoms with Gasteiger partial charge in [0.1, 0.15) is 11.6 Å². The molecule has 1 fully saturated rings. The number of carbonyl (C=O) groups excluding carboxylic acids is 2. The Labute approximate surface area is 203 Å². The lowest BCUT2D eigenvalue weighted by molar-refractivity contribution is -0.164. The average Bonchev–Trinajstić information content (AvgIpc) is 3.10. The van der Waals surface area contributed by atoms with Gasteiger partial charge in [-0.1, -0.05) is 44.5 Å². The SMILES string of the molecule is CC(C)(C)[C@@](C)(C(=O)O)N1CC[C@H](N(CC(N)=O)S(=O)(=O)c2ccc3cc(Cl)ccc3c2)C1=O. The first-order valence-corrected chi connectivity index (χ1v) is 12.5. The number of likely N-dealkylation sites (tertiary alicyclic amines) is 1. The zero-order valence-electron chi connectivity index (χ0n) is 19.4. The zero-order chi connectivity index (χ0) is 25.6. The van der Waals surface area contributed by atoms with Crippen molar-refractivity contribution in [3.63, 3.8) is 0 Å². The Balaban J connectivity index is 2.05. The maximum Gasteiger partial charge on any atom is 0.329 e. The van der Waals surface area contributed by atoms with Gasteiger partial charge < -0.3 is 15.7 Å². The van der Waals surface area contributed by atoms with Crippen molar-refractivity contribution in [2.75, 3.05) is 13.1 Å². The second-order valence-corrected chi connectivity index (χ2v) is 11.9. The van der Waals surface area contributed by atoms with Crippen LogP contribution in [0.25, 0.3) is 10.8 Å². The lowest BCUT2D eigenvalue weighted by Crippen LogP contribution is -2.62. The number of nitrogens with zero attached hydrogens (tertiary/aromatic N) is 2. The summed E-state index contributed by atoms with van der Waals surface area (Å²) in [6, 6.07) is 8.10. The van der Waals surface area contributed by atoms with Crippen molar-refractivity contribution >= 4 is 50.2 Å². The monoisotopic (exact) mass is 509 g/mol. The molecule has 1 aliphatic heterocycles. The summed E-state index contributed by atoms with van der Waals surface area (Å²) in [5.74, 6) is -2.82. The molecule has 3 rings (SSSR count). The highest BCUT2D eigenvalue weighted by atomic mass is 35.5. The van der Waals surface area contributed by atoms with Gasteiger partial charge in [0.2, 0.25) is 21.8 Å². The lowest BCUT2D eigenvalue weighted by atomic mass is 9.73. The summed E-state index contributed by atoms with van der Waals surface area (Å²) in [7, 11) is -4.33. The van der Waals surface area contributed by atoms with Gasteiger partial charge in [0.15, 0.2) is 0 Å². The van der Waals surface area contributed by atoms with Crippen molar-refractivity contribution in [3.8, 4) is 0 Å². The number of primary amides is 1. The number of amides is 2. The number of carboxylic acids is 1. The van der Waals surface area contributed by atoms with E-state index in [9.17, 15) is 27.9 Å². The van der Waals surface area contributed by atoms with Crippen LogP contribution in [0, 0.1) is 5.41 Å². The Morgan fingerprint density at radius 1 is 1.15 bits per heavy atom. The van der Waals surface area contributed by atoms with E-state index in [1.807, 2.05) is 0 Å². The molecular formula is C23H28ClN3O6S. The molecule has 11 heteroatoms. The molecule has 2 aromatic rings. The molecule has 34 heavy (non-hydrogen) atoms. The van der Waals surface area contributed by atoms with Gasteiger partial charge in [-0.25, -0.2) is 13.2 Å². The number of fused-ring (bicyclic) bond motifs is 1. The molecule has 0 unspecified atom stereocenters. The molecule has 0 bridgehead atoms. The van der Waals surface area contributed by atoms with E-state index in [-0.39, 0.29) is 17.9 Å². The number of benzene rings is 2. The number of carboxylic acid groups (broad SMARTS) is 1. The lowest BCUT2D eigenvalue weighted by Gasteiger charge is -2.45. The summed E-state index contributed by atoms with van der Waals surface area (Å²) >= 11 is 6.00. The van der Waals surface area contributed by atoms with Crippen LogP contribution in [0.5, 0.6) is 0 Å². The van der Waals surface area contributed by atoms with Gasteiger partial charge in [-0.05, 0) is 53.8 Å². The molecule has 0 radical (unpaired) electrons. The Morgan fingerprint density at radius 2 is 1.74 bits per heavy atom. The molecule has 184 valence electrons. The fourth-order valence-corrected chi connectivity index (χ4v) is 6.02. The molecule has 0 spiro atoms. The van der Waals surface area contributed by atoms with Crippen LogP contribution >= 0.6 is 11.6 Å². The van der Waals surface area contributed by atoms with Gasteiger partial charge in [0.25, 0.3) is 0 Å². The fraction of sp³-hybridized carbons (Fsp3) is 0.435. The van der Waals surface area contributed by atoms with Crippen molar-refractivity contribution in [3.05, 3.63) is 41.4 Å². The third-order valence-corrected chi connectivity index (χ3v) is 8.72. The van der Waals surface area contributed by atoms with Crippen LogP contribution in [-0.4, -0.2) is 65.2 Å². The first kappa shape index (κ1) is 25.9. The van der Waals surface area contributed by atoms with Crippen LogP contribution in [-0.2, 0) is 24.4 Å². The number of carbonyl (C=O) groups is 3. The van der Waals surface area contributed by atoms with Gasteiger partial charge >= 0.3 is 5.97 Å². The number of hydrogen-bond acceptors (Lipinski definition) is 5. The minimum atomic E-state index is -4.33. The fourth-order valence-electron chi connectivity index (χ4n) is 4.22.